The Morgan fingerprint density at radius 2 is 1.96 bits per heavy atom. The maximum atomic E-state index is 13.1. The van der Waals surface area contributed by atoms with Crippen LogP contribution in [0.2, 0.25) is 0 Å². The highest BCUT2D eigenvalue weighted by molar-refractivity contribution is 7.15. The molecule has 1 fully saturated rings. The van der Waals surface area contributed by atoms with Crippen LogP contribution in [0.15, 0.2) is 35.8 Å². The average molecular weight is 357 g/mol. The molecular formula is C19H20FN3OS. The Morgan fingerprint density at radius 3 is 2.68 bits per heavy atom. The van der Waals surface area contributed by atoms with E-state index in [4.69, 9.17) is 0 Å². The van der Waals surface area contributed by atoms with Gasteiger partial charge in [0.1, 0.15) is 11.5 Å². The van der Waals surface area contributed by atoms with Crippen molar-refractivity contribution in [1.82, 2.24) is 14.3 Å². The minimum atomic E-state index is -0.269. The summed E-state index contributed by atoms with van der Waals surface area (Å²) in [4.78, 5) is 20.2. The lowest BCUT2D eigenvalue weighted by Gasteiger charge is -2.31. The highest BCUT2D eigenvalue weighted by atomic mass is 32.1. The van der Waals surface area contributed by atoms with Gasteiger partial charge in [0.25, 0.3) is 5.91 Å². The van der Waals surface area contributed by atoms with Crippen molar-refractivity contribution in [3.05, 3.63) is 47.4 Å². The summed E-state index contributed by atoms with van der Waals surface area (Å²) in [6.07, 6.45) is 7.69. The molecule has 2 heterocycles. The van der Waals surface area contributed by atoms with Crippen LogP contribution in [0.1, 0.15) is 42.6 Å². The third-order valence-corrected chi connectivity index (χ3v) is 5.85. The number of carbonyl (C=O) groups excluding carboxylic acids is 1. The molecule has 0 N–H and O–H groups in total. The Morgan fingerprint density at radius 1 is 1.24 bits per heavy atom. The van der Waals surface area contributed by atoms with Gasteiger partial charge in [-0.15, -0.1) is 11.3 Å². The van der Waals surface area contributed by atoms with Crippen molar-refractivity contribution in [2.24, 2.45) is 0 Å². The van der Waals surface area contributed by atoms with Crippen molar-refractivity contribution in [2.45, 2.75) is 38.1 Å². The van der Waals surface area contributed by atoms with E-state index in [1.54, 1.807) is 12.1 Å². The molecule has 1 saturated carbocycles. The van der Waals surface area contributed by atoms with Crippen molar-refractivity contribution in [3.8, 4) is 11.3 Å². The van der Waals surface area contributed by atoms with Crippen LogP contribution in [0, 0.1) is 5.82 Å². The van der Waals surface area contributed by atoms with Crippen molar-refractivity contribution in [3.63, 3.8) is 0 Å². The Hall–Kier alpha value is -2.21. The lowest BCUT2D eigenvalue weighted by Crippen LogP contribution is -2.38. The fourth-order valence-corrected chi connectivity index (χ4v) is 4.36. The fraction of sp³-hybridized carbons (Fsp3) is 0.368. The highest BCUT2D eigenvalue weighted by Crippen LogP contribution is 2.27. The molecule has 1 amide bonds. The first-order chi connectivity index (χ1) is 12.1. The van der Waals surface area contributed by atoms with Gasteiger partial charge in [0.15, 0.2) is 4.96 Å². The standard InChI is InChI=1S/C19H20FN3OS/c1-22(15-5-3-2-4-6-15)18(24)17-12-25-19-21-16(11-23(17)19)13-7-9-14(20)10-8-13/h7-12,15H,2-6H2,1H3. The molecule has 3 aromatic rings. The zero-order valence-electron chi connectivity index (χ0n) is 14.1. The number of rotatable bonds is 3. The molecule has 1 aromatic carbocycles. The molecule has 6 heteroatoms. The SMILES string of the molecule is CN(C(=O)c1csc2nc(-c3ccc(F)cc3)cn12)C1CCCCC1. The molecule has 4 rings (SSSR count). The van der Waals surface area contributed by atoms with Crippen LogP contribution in [-0.4, -0.2) is 33.3 Å². The molecule has 0 spiro atoms. The number of aromatic nitrogens is 2. The van der Waals surface area contributed by atoms with E-state index in [2.05, 4.69) is 4.98 Å². The summed E-state index contributed by atoms with van der Waals surface area (Å²) in [7, 11) is 1.90. The van der Waals surface area contributed by atoms with E-state index < -0.39 is 0 Å². The number of benzene rings is 1. The fourth-order valence-electron chi connectivity index (χ4n) is 3.51. The maximum absolute atomic E-state index is 13.1. The van der Waals surface area contributed by atoms with Gasteiger partial charge in [-0.1, -0.05) is 19.3 Å². The second kappa shape index (κ2) is 6.59. The van der Waals surface area contributed by atoms with Gasteiger partial charge in [-0.25, -0.2) is 9.37 Å². The largest absolute Gasteiger partial charge is 0.337 e. The minimum absolute atomic E-state index is 0.0428. The van der Waals surface area contributed by atoms with Crippen molar-refractivity contribution in [1.29, 1.82) is 0 Å². The van der Waals surface area contributed by atoms with Crippen LogP contribution in [0.4, 0.5) is 4.39 Å². The number of thiazole rings is 1. The van der Waals surface area contributed by atoms with Crippen LogP contribution in [0.25, 0.3) is 16.2 Å². The smallest absolute Gasteiger partial charge is 0.271 e. The van der Waals surface area contributed by atoms with Crippen LogP contribution in [0.3, 0.4) is 0 Å². The van der Waals surface area contributed by atoms with E-state index in [9.17, 15) is 9.18 Å². The molecular weight excluding hydrogens is 337 g/mol. The van der Waals surface area contributed by atoms with Gasteiger partial charge >= 0.3 is 0 Å². The predicted molar refractivity (Wildman–Crippen MR) is 97.4 cm³/mol. The van der Waals surface area contributed by atoms with Gasteiger partial charge in [0.05, 0.1) is 5.69 Å². The highest BCUT2D eigenvalue weighted by Gasteiger charge is 2.25. The summed E-state index contributed by atoms with van der Waals surface area (Å²) in [5.74, 6) is -0.226. The van der Waals surface area contributed by atoms with Gasteiger partial charge in [0, 0.05) is 30.2 Å². The number of nitrogens with zero attached hydrogens (tertiary/aromatic N) is 3. The van der Waals surface area contributed by atoms with E-state index in [-0.39, 0.29) is 11.7 Å². The van der Waals surface area contributed by atoms with Gasteiger partial charge in [-0.3, -0.25) is 9.20 Å². The number of hydrogen-bond acceptors (Lipinski definition) is 3. The zero-order valence-corrected chi connectivity index (χ0v) is 14.9. The van der Waals surface area contributed by atoms with Crippen molar-refractivity contribution >= 4 is 22.2 Å². The quantitative estimate of drug-likeness (QED) is 0.687. The summed E-state index contributed by atoms with van der Waals surface area (Å²) < 4.78 is 15.0. The van der Waals surface area contributed by atoms with E-state index in [1.807, 2.05) is 27.9 Å². The average Bonchev–Trinajstić information content (AvgIpc) is 3.22. The first kappa shape index (κ1) is 16.3. The number of amides is 1. The lowest BCUT2D eigenvalue weighted by atomic mass is 9.94. The molecule has 0 radical (unpaired) electrons. The molecule has 0 aliphatic heterocycles. The van der Waals surface area contributed by atoms with Crippen LogP contribution >= 0.6 is 11.3 Å². The van der Waals surface area contributed by atoms with Crippen LogP contribution in [-0.2, 0) is 0 Å². The Labute approximate surface area is 149 Å². The normalized spacial score (nSPS) is 15.6. The Bertz CT molecular complexity index is 893. The first-order valence-electron chi connectivity index (χ1n) is 8.63. The molecule has 1 aliphatic carbocycles. The summed E-state index contributed by atoms with van der Waals surface area (Å²) in [5.41, 5.74) is 2.24. The number of halogens is 1. The van der Waals surface area contributed by atoms with Crippen molar-refractivity contribution < 1.29 is 9.18 Å². The van der Waals surface area contributed by atoms with Gasteiger partial charge in [0.2, 0.25) is 0 Å². The van der Waals surface area contributed by atoms with E-state index in [0.29, 0.717) is 11.7 Å². The van der Waals surface area contributed by atoms with Crippen LogP contribution < -0.4 is 0 Å². The monoisotopic (exact) mass is 357 g/mol. The summed E-state index contributed by atoms with van der Waals surface area (Å²) in [6.45, 7) is 0. The number of carbonyl (C=O) groups is 1. The molecule has 0 atom stereocenters. The van der Waals surface area contributed by atoms with E-state index in [1.165, 1.54) is 42.7 Å². The third kappa shape index (κ3) is 3.06. The first-order valence-corrected chi connectivity index (χ1v) is 9.51. The molecule has 0 unspecified atom stereocenters. The second-order valence-electron chi connectivity index (χ2n) is 6.61. The minimum Gasteiger partial charge on any atom is -0.337 e. The van der Waals surface area contributed by atoms with Crippen LogP contribution in [0.5, 0.6) is 0 Å². The lowest BCUT2D eigenvalue weighted by molar-refractivity contribution is 0.0689. The van der Waals surface area contributed by atoms with E-state index in [0.717, 1.165) is 29.1 Å². The maximum Gasteiger partial charge on any atom is 0.271 e. The number of hydrogen-bond donors (Lipinski definition) is 0. The summed E-state index contributed by atoms with van der Waals surface area (Å²) in [5, 5.41) is 1.87. The van der Waals surface area contributed by atoms with E-state index >= 15 is 0 Å². The number of fused-ring (bicyclic) bond motifs is 1. The molecule has 130 valence electrons. The molecule has 0 saturated heterocycles. The van der Waals surface area contributed by atoms with Gasteiger partial charge in [-0.2, -0.15) is 0 Å². The Balaban J connectivity index is 1.63. The molecule has 4 nitrogen and oxygen atoms in total. The van der Waals surface area contributed by atoms with Crippen molar-refractivity contribution in [2.75, 3.05) is 7.05 Å². The van der Waals surface area contributed by atoms with Gasteiger partial charge in [-0.05, 0) is 37.1 Å². The zero-order chi connectivity index (χ0) is 17.4. The molecule has 2 aromatic heterocycles. The topological polar surface area (TPSA) is 37.6 Å². The molecule has 1 aliphatic rings. The summed E-state index contributed by atoms with van der Waals surface area (Å²) in [6, 6.07) is 6.59. The second-order valence-corrected chi connectivity index (χ2v) is 7.45. The third-order valence-electron chi connectivity index (χ3n) is 5.01. The molecule has 25 heavy (non-hydrogen) atoms. The molecule has 0 bridgehead atoms. The Kier molecular flexibility index (Phi) is 4.29. The predicted octanol–water partition coefficient (Wildman–Crippen LogP) is 4.61. The van der Waals surface area contributed by atoms with Gasteiger partial charge < -0.3 is 4.90 Å². The number of imidazole rings is 1. The summed E-state index contributed by atoms with van der Waals surface area (Å²) >= 11 is 1.46.